The molecule has 5 nitrogen and oxygen atoms in total. The number of nitrogens with one attached hydrogen (secondary N) is 1. The van der Waals surface area contributed by atoms with Gasteiger partial charge in [-0.05, 0) is 51.3 Å². The van der Waals surface area contributed by atoms with Crippen molar-refractivity contribution in [2.24, 2.45) is 0 Å². The summed E-state index contributed by atoms with van der Waals surface area (Å²) in [5.74, 6) is -0.313. The van der Waals surface area contributed by atoms with Crippen molar-refractivity contribution in [3.63, 3.8) is 0 Å². The van der Waals surface area contributed by atoms with Crippen LogP contribution in [0.4, 0.5) is 0 Å². The maximum Gasteiger partial charge on any atom is 0.244 e. The highest BCUT2D eigenvalue weighted by Crippen LogP contribution is 2.26. The highest BCUT2D eigenvalue weighted by Gasteiger charge is 2.30. The maximum absolute atomic E-state index is 13.5. The van der Waals surface area contributed by atoms with Gasteiger partial charge in [0, 0.05) is 12.6 Å². The first-order valence-electron chi connectivity index (χ1n) is 9.02. The van der Waals surface area contributed by atoms with Crippen LogP contribution in [0.25, 0.3) is 0 Å². The second kappa shape index (κ2) is 8.67. The van der Waals surface area contributed by atoms with Crippen LogP contribution in [0.1, 0.15) is 36.1 Å². The third-order valence-electron chi connectivity index (χ3n) is 4.17. The Morgan fingerprint density at radius 2 is 1.59 bits per heavy atom. The molecule has 0 unspecified atom stereocenters. The van der Waals surface area contributed by atoms with Crippen LogP contribution < -0.4 is 5.32 Å². The minimum atomic E-state index is -3.84. The number of aryl methyl sites for hydroxylation is 3. The molecule has 0 bridgehead atoms. The number of sulfonamides is 1. The van der Waals surface area contributed by atoms with E-state index < -0.39 is 10.0 Å². The number of nitrogens with zero attached hydrogens (tertiary/aromatic N) is 1. The Morgan fingerprint density at radius 1 is 1.04 bits per heavy atom. The van der Waals surface area contributed by atoms with Crippen LogP contribution in [0.2, 0.25) is 0 Å². The Morgan fingerprint density at radius 3 is 2.11 bits per heavy atom. The molecule has 0 fully saturated rings. The Kier molecular flexibility index (Phi) is 6.78. The smallest absolute Gasteiger partial charge is 0.244 e. The summed E-state index contributed by atoms with van der Waals surface area (Å²) in [7, 11) is -3.84. The van der Waals surface area contributed by atoms with Gasteiger partial charge in [0.05, 0.1) is 11.4 Å². The molecule has 0 aromatic heterocycles. The van der Waals surface area contributed by atoms with Crippen LogP contribution in [0.5, 0.6) is 0 Å². The zero-order valence-corrected chi connectivity index (χ0v) is 17.4. The first-order chi connectivity index (χ1) is 12.6. The molecule has 2 aromatic rings. The van der Waals surface area contributed by atoms with E-state index in [2.05, 4.69) is 5.32 Å². The summed E-state index contributed by atoms with van der Waals surface area (Å²) < 4.78 is 28.2. The predicted octanol–water partition coefficient (Wildman–Crippen LogP) is 3.33. The average molecular weight is 389 g/mol. The number of carbonyl (C=O) groups excluding carboxylic acids is 1. The molecule has 0 aliphatic rings. The van der Waals surface area contributed by atoms with Gasteiger partial charge in [0.25, 0.3) is 0 Å². The molecule has 1 N–H and O–H groups in total. The highest BCUT2D eigenvalue weighted by atomic mass is 32.2. The topological polar surface area (TPSA) is 66.5 Å². The standard InChI is InChI=1S/C21H28N2O3S/c1-15(2)22-20(24)14-23(13-19-9-7-6-8-10-19)27(25,26)21-17(4)11-16(3)12-18(21)5/h6-12,15H,13-14H2,1-5H3,(H,22,24). The molecule has 27 heavy (non-hydrogen) atoms. The van der Waals surface area contributed by atoms with Gasteiger partial charge in [-0.2, -0.15) is 4.31 Å². The van der Waals surface area contributed by atoms with E-state index in [-0.39, 0.29) is 29.9 Å². The molecular formula is C21H28N2O3S. The van der Waals surface area contributed by atoms with Gasteiger partial charge in [-0.3, -0.25) is 4.79 Å². The van der Waals surface area contributed by atoms with Crippen LogP contribution in [0.15, 0.2) is 47.4 Å². The summed E-state index contributed by atoms with van der Waals surface area (Å²) in [6, 6.07) is 13.0. The molecule has 0 radical (unpaired) electrons. The lowest BCUT2D eigenvalue weighted by Crippen LogP contribution is -2.42. The van der Waals surface area contributed by atoms with Gasteiger partial charge in [-0.15, -0.1) is 0 Å². The van der Waals surface area contributed by atoms with Crippen molar-refractivity contribution in [3.05, 3.63) is 64.7 Å². The van der Waals surface area contributed by atoms with E-state index in [1.807, 2.05) is 63.2 Å². The molecule has 2 aromatic carbocycles. The van der Waals surface area contributed by atoms with Crippen LogP contribution >= 0.6 is 0 Å². The molecule has 0 saturated carbocycles. The number of amides is 1. The first kappa shape index (κ1) is 21.1. The minimum Gasteiger partial charge on any atom is -0.353 e. The van der Waals surface area contributed by atoms with Gasteiger partial charge < -0.3 is 5.32 Å². The Labute approximate surface area is 162 Å². The number of benzene rings is 2. The van der Waals surface area contributed by atoms with E-state index in [0.717, 1.165) is 11.1 Å². The van der Waals surface area contributed by atoms with Crippen molar-refractivity contribution in [1.82, 2.24) is 9.62 Å². The van der Waals surface area contributed by atoms with E-state index in [0.29, 0.717) is 11.1 Å². The molecule has 146 valence electrons. The fourth-order valence-electron chi connectivity index (χ4n) is 3.24. The molecule has 0 aliphatic carbocycles. The van der Waals surface area contributed by atoms with E-state index in [1.165, 1.54) is 4.31 Å². The highest BCUT2D eigenvalue weighted by molar-refractivity contribution is 7.89. The predicted molar refractivity (Wildman–Crippen MR) is 108 cm³/mol. The molecule has 1 amide bonds. The quantitative estimate of drug-likeness (QED) is 0.791. The molecule has 0 spiro atoms. The van der Waals surface area contributed by atoms with Gasteiger partial charge in [0.15, 0.2) is 0 Å². The fourth-order valence-corrected chi connectivity index (χ4v) is 5.04. The summed E-state index contributed by atoms with van der Waals surface area (Å²) in [5.41, 5.74) is 3.22. The van der Waals surface area contributed by atoms with E-state index >= 15 is 0 Å². The number of hydrogen-bond acceptors (Lipinski definition) is 3. The molecule has 0 heterocycles. The number of carbonyl (C=O) groups is 1. The fraction of sp³-hybridized carbons (Fsp3) is 0.381. The van der Waals surface area contributed by atoms with Crippen molar-refractivity contribution in [2.45, 2.75) is 52.1 Å². The van der Waals surface area contributed by atoms with Gasteiger partial charge in [0.2, 0.25) is 15.9 Å². The van der Waals surface area contributed by atoms with Crippen LogP contribution in [-0.2, 0) is 21.4 Å². The monoisotopic (exact) mass is 388 g/mol. The van der Waals surface area contributed by atoms with E-state index in [1.54, 1.807) is 13.8 Å². The van der Waals surface area contributed by atoms with Crippen molar-refractivity contribution < 1.29 is 13.2 Å². The Hall–Kier alpha value is -2.18. The summed E-state index contributed by atoms with van der Waals surface area (Å²) in [6.07, 6.45) is 0. The Bertz CT molecular complexity index is 883. The number of rotatable bonds is 7. The molecule has 0 aliphatic heterocycles. The summed E-state index contributed by atoms with van der Waals surface area (Å²) >= 11 is 0. The normalized spacial score (nSPS) is 11.8. The lowest BCUT2D eigenvalue weighted by atomic mass is 10.1. The van der Waals surface area contributed by atoms with Gasteiger partial charge >= 0.3 is 0 Å². The molecule has 2 rings (SSSR count). The molecule has 0 atom stereocenters. The minimum absolute atomic E-state index is 0.0540. The molecule has 6 heteroatoms. The zero-order chi connectivity index (χ0) is 20.2. The number of hydrogen-bond donors (Lipinski definition) is 1. The van der Waals surface area contributed by atoms with Crippen LogP contribution in [0.3, 0.4) is 0 Å². The summed E-state index contributed by atoms with van der Waals surface area (Å²) in [6.45, 7) is 9.14. The Balaban J connectivity index is 2.46. The molecule has 0 saturated heterocycles. The van der Waals surface area contributed by atoms with Crippen LogP contribution in [-0.4, -0.2) is 31.2 Å². The lowest BCUT2D eigenvalue weighted by molar-refractivity contribution is -0.121. The van der Waals surface area contributed by atoms with Crippen molar-refractivity contribution in [2.75, 3.05) is 6.54 Å². The zero-order valence-electron chi connectivity index (χ0n) is 16.6. The first-order valence-corrected chi connectivity index (χ1v) is 10.5. The third kappa shape index (κ3) is 5.40. The third-order valence-corrected chi connectivity index (χ3v) is 6.27. The second-order valence-electron chi connectivity index (χ2n) is 7.21. The van der Waals surface area contributed by atoms with Gasteiger partial charge in [-0.1, -0.05) is 48.0 Å². The van der Waals surface area contributed by atoms with Crippen molar-refractivity contribution in [1.29, 1.82) is 0 Å². The van der Waals surface area contributed by atoms with Crippen molar-refractivity contribution in [3.8, 4) is 0 Å². The van der Waals surface area contributed by atoms with Crippen LogP contribution in [0, 0.1) is 20.8 Å². The maximum atomic E-state index is 13.5. The summed E-state index contributed by atoms with van der Waals surface area (Å²) in [4.78, 5) is 12.6. The van der Waals surface area contributed by atoms with E-state index in [4.69, 9.17) is 0 Å². The molecular weight excluding hydrogens is 360 g/mol. The summed E-state index contributed by atoms with van der Waals surface area (Å²) in [5, 5.41) is 2.78. The lowest BCUT2D eigenvalue weighted by Gasteiger charge is -2.24. The van der Waals surface area contributed by atoms with Crippen molar-refractivity contribution >= 4 is 15.9 Å². The van der Waals surface area contributed by atoms with Gasteiger partial charge in [0.1, 0.15) is 0 Å². The van der Waals surface area contributed by atoms with Gasteiger partial charge in [-0.25, -0.2) is 8.42 Å². The van der Waals surface area contributed by atoms with E-state index in [9.17, 15) is 13.2 Å². The SMILES string of the molecule is Cc1cc(C)c(S(=O)(=O)N(CC(=O)NC(C)C)Cc2ccccc2)c(C)c1. The average Bonchev–Trinajstić information content (AvgIpc) is 2.53. The second-order valence-corrected chi connectivity index (χ2v) is 9.08. The largest absolute Gasteiger partial charge is 0.353 e.